The maximum absolute atomic E-state index is 12.3. The monoisotopic (exact) mass is 366 g/mol. The van der Waals surface area contributed by atoms with Crippen molar-refractivity contribution in [3.05, 3.63) is 29.8 Å². The maximum atomic E-state index is 12.3. The zero-order valence-corrected chi connectivity index (χ0v) is 14.2. The smallest absolute Gasteiger partial charge is 0.261 e. The predicted octanol–water partition coefficient (Wildman–Crippen LogP) is 0.332. The third-order valence-electron chi connectivity index (χ3n) is 3.38. The van der Waals surface area contributed by atoms with Gasteiger partial charge >= 0.3 is 0 Å². The molecule has 0 radical (unpaired) electrons. The molecule has 10 heteroatoms. The van der Waals surface area contributed by atoms with Crippen LogP contribution in [0.25, 0.3) is 0 Å². The number of hydrogen-bond donors (Lipinski definition) is 0. The summed E-state index contributed by atoms with van der Waals surface area (Å²) in [6.07, 6.45) is 1.13. The lowest BCUT2D eigenvalue weighted by Gasteiger charge is -2.33. The van der Waals surface area contributed by atoms with Gasteiger partial charge in [-0.15, -0.1) is 0 Å². The summed E-state index contributed by atoms with van der Waals surface area (Å²) < 4.78 is 46.5. The molecule has 1 aliphatic heterocycles. The second kappa shape index (κ2) is 6.15. The number of halogens is 1. The minimum absolute atomic E-state index is 0.0763. The van der Waals surface area contributed by atoms with Gasteiger partial charge in [0.1, 0.15) is 0 Å². The summed E-state index contributed by atoms with van der Waals surface area (Å²) in [5.41, 5.74) is 0.330. The first-order valence-corrected chi connectivity index (χ1v) is 10.5. The van der Waals surface area contributed by atoms with E-state index in [-0.39, 0.29) is 23.9 Å². The third kappa shape index (κ3) is 3.97. The Balaban J connectivity index is 2.07. The number of nitrogens with zero attached hydrogens (tertiary/aromatic N) is 2. The molecule has 0 unspecified atom stereocenters. The highest BCUT2D eigenvalue weighted by Crippen LogP contribution is 2.17. The Hall–Kier alpha value is -1.16. The van der Waals surface area contributed by atoms with Gasteiger partial charge in [-0.1, -0.05) is 0 Å². The average Bonchev–Trinajstić information content (AvgIpc) is 2.45. The van der Waals surface area contributed by atoms with Gasteiger partial charge in [0.05, 0.1) is 11.2 Å². The lowest BCUT2D eigenvalue weighted by atomic mass is 10.2. The van der Waals surface area contributed by atoms with Crippen molar-refractivity contribution in [1.82, 2.24) is 9.21 Å². The molecule has 1 amide bonds. The largest absolute Gasteiger partial charge is 0.336 e. The normalized spacial score (nSPS) is 17.5. The minimum atomic E-state index is -3.82. The number of benzene rings is 1. The molecule has 0 saturated carbocycles. The van der Waals surface area contributed by atoms with Crippen LogP contribution in [-0.4, -0.2) is 64.4 Å². The van der Waals surface area contributed by atoms with Gasteiger partial charge in [0, 0.05) is 42.4 Å². The van der Waals surface area contributed by atoms with E-state index >= 15 is 0 Å². The van der Waals surface area contributed by atoms with Crippen molar-refractivity contribution in [2.24, 2.45) is 0 Å². The van der Waals surface area contributed by atoms with Gasteiger partial charge in [-0.2, -0.15) is 4.31 Å². The molecule has 0 spiro atoms. The molecular weight excluding hydrogens is 352 g/mol. The van der Waals surface area contributed by atoms with Crippen LogP contribution in [0, 0.1) is 0 Å². The molecule has 0 aromatic heterocycles. The van der Waals surface area contributed by atoms with Crippen LogP contribution in [0.1, 0.15) is 10.4 Å². The highest BCUT2D eigenvalue weighted by molar-refractivity contribution is 8.13. The summed E-state index contributed by atoms with van der Waals surface area (Å²) in [5.74, 6) is -0.272. The molecule has 1 aliphatic rings. The number of rotatable bonds is 3. The van der Waals surface area contributed by atoms with Crippen molar-refractivity contribution in [2.75, 3.05) is 32.4 Å². The molecule has 0 aliphatic carbocycles. The summed E-state index contributed by atoms with van der Waals surface area (Å²) in [6, 6.07) is 5.31. The fraction of sp³-hybridized carbons (Fsp3) is 0.417. The lowest BCUT2D eigenvalue weighted by molar-refractivity contribution is 0.0698. The van der Waals surface area contributed by atoms with Crippen molar-refractivity contribution >= 4 is 35.7 Å². The number of carbonyl (C=O) groups excluding carboxylic acids is 1. The van der Waals surface area contributed by atoms with Gasteiger partial charge in [0.2, 0.25) is 10.0 Å². The van der Waals surface area contributed by atoms with Crippen molar-refractivity contribution < 1.29 is 21.6 Å². The Kier molecular flexibility index (Phi) is 4.81. The van der Waals surface area contributed by atoms with Crippen molar-refractivity contribution in [3.8, 4) is 0 Å². The van der Waals surface area contributed by atoms with Crippen molar-refractivity contribution in [1.29, 1.82) is 0 Å². The molecule has 1 fully saturated rings. The van der Waals surface area contributed by atoms with Crippen molar-refractivity contribution in [2.45, 2.75) is 4.90 Å². The number of piperazine rings is 1. The van der Waals surface area contributed by atoms with Gasteiger partial charge in [-0.25, -0.2) is 16.8 Å². The van der Waals surface area contributed by atoms with E-state index in [0.717, 1.165) is 6.26 Å². The van der Waals surface area contributed by atoms with Crippen LogP contribution in [0.15, 0.2) is 29.2 Å². The minimum Gasteiger partial charge on any atom is -0.336 e. The standard InChI is InChI=1S/C12H15ClN2O5S2/c1-21(17,18)15-8-6-14(7-9-15)12(16)10-2-4-11(5-3-10)22(13,19)20/h2-5H,6-9H2,1H3. The van der Waals surface area contributed by atoms with Gasteiger partial charge in [-0.05, 0) is 24.3 Å². The third-order valence-corrected chi connectivity index (χ3v) is 6.05. The molecule has 0 N–H and O–H groups in total. The number of amides is 1. The van der Waals surface area contributed by atoms with Crippen LogP contribution in [0.2, 0.25) is 0 Å². The quantitative estimate of drug-likeness (QED) is 0.719. The molecule has 122 valence electrons. The van der Waals surface area contributed by atoms with E-state index in [1.807, 2.05) is 0 Å². The Morgan fingerprint density at radius 2 is 1.50 bits per heavy atom. The van der Waals surface area contributed by atoms with E-state index < -0.39 is 19.1 Å². The molecule has 22 heavy (non-hydrogen) atoms. The summed E-state index contributed by atoms with van der Waals surface area (Å²) in [7, 11) is -1.86. The first kappa shape index (κ1) is 17.2. The Bertz CT molecular complexity index is 766. The van der Waals surface area contributed by atoms with E-state index in [4.69, 9.17) is 10.7 Å². The van der Waals surface area contributed by atoms with Crippen LogP contribution < -0.4 is 0 Å². The molecule has 1 aromatic rings. The van der Waals surface area contributed by atoms with Gasteiger partial charge in [-0.3, -0.25) is 4.79 Å². The van der Waals surface area contributed by atoms with Crippen LogP contribution in [0.3, 0.4) is 0 Å². The van der Waals surface area contributed by atoms with E-state index in [1.54, 1.807) is 0 Å². The Morgan fingerprint density at radius 3 is 1.91 bits per heavy atom. The molecule has 0 bridgehead atoms. The zero-order valence-electron chi connectivity index (χ0n) is 11.8. The highest BCUT2D eigenvalue weighted by atomic mass is 35.7. The summed E-state index contributed by atoms with van der Waals surface area (Å²) in [4.78, 5) is 13.7. The number of hydrogen-bond acceptors (Lipinski definition) is 5. The fourth-order valence-corrected chi connectivity index (χ4v) is 3.76. The summed E-state index contributed by atoms with van der Waals surface area (Å²) in [5, 5.41) is 0. The second-order valence-electron chi connectivity index (χ2n) is 4.92. The second-order valence-corrected chi connectivity index (χ2v) is 9.46. The molecular formula is C12H15ClN2O5S2. The van der Waals surface area contributed by atoms with Crippen LogP contribution in [0.4, 0.5) is 0 Å². The lowest BCUT2D eigenvalue weighted by Crippen LogP contribution is -2.50. The van der Waals surface area contributed by atoms with Crippen LogP contribution in [-0.2, 0) is 19.1 Å². The van der Waals surface area contributed by atoms with Gasteiger partial charge < -0.3 is 4.90 Å². The zero-order chi connectivity index (χ0) is 16.5. The van der Waals surface area contributed by atoms with E-state index in [9.17, 15) is 21.6 Å². The van der Waals surface area contributed by atoms with E-state index in [1.165, 1.54) is 33.5 Å². The molecule has 0 atom stereocenters. The number of sulfonamides is 1. The van der Waals surface area contributed by atoms with Gasteiger partial charge in [0.15, 0.2) is 0 Å². The Labute approximate surface area is 133 Å². The fourth-order valence-electron chi connectivity index (χ4n) is 2.17. The molecule has 7 nitrogen and oxygen atoms in total. The van der Waals surface area contributed by atoms with E-state index in [0.29, 0.717) is 18.7 Å². The Morgan fingerprint density at radius 1 is 1.00 bits per heavy atom. The average molecular weight is 367 g/mol. The first-order chi connectivity index (χ1) is 10.1. The van der Waals surface area contributed by atoms with E-state index in [2.05, 4.69) is 0 Å². The van der Waals surface area contributed by atoms with Crippen molar-refractivity contribution in [3.63, 3.8) is 0 Å². The van der Waals surface area contributed by atoms with Crippen LogP contribution in [0.5, 0.6) is 0 Å². The highest BCUT2D eigenvalue weighted by Gasteiger charge is 2.26. The summed E-state index contributed by atoms with van der Waals surface area (Å²) >= 11 is 0. The summed E-state index contributed by atoms with van der Waals surface area (Å²) in [6.45, 7) is 1.08. The van der Waals surface area contributed by atoms with Gasteiger partial charge in [0.25, 0.3) is 15.0 Å². The molecule has 1 saturated heterocycles. The maximum Gasteiger partial charge on any atom is 0.261 e. The molecule has 2 rings (SSSR count). The SMILES string of the molecule is CS(=O)(=O)N1CCN(C(=O)c2ccc(S(=O)(=O)Cl)cc2)CC1. The number of carbonyl (C=O) groups is 1. The molecule has 1 heterocycles. The molecule has 1 aromatic carbocycles. The van der Waals surface area contributed by atoms with Crippen LogP contribution >= 0.6 is 10.7 Å². The first-order valence-electron chi connectivity index (χ1n) is 6.38. The predicted molar refractivity (Wildman–Crippen MR) is 81.8 cm³/mol. The topological polar surface area (TPSA) is 91.8 Å².